The van der Waals surface area contributed by atoms with Crippen molar-refractivity contribution >= 4 is 21.6 Å². The first kappa shape index (κ1) is 16.7. The van der Waals surface area contributed by atoms with Gasteiger partial charge in [-0.2, -0.15) is 4.98 Å². The molecule has 0 bridgehead atoms. The quantitative estimate of drug-likeness (QED) is 0.834. The van der Waals surface area contributed by atoms with Crippen molar-refractivity contribution in [3.8, 4) is 11.1 Å². The fourth-order valence-electron chi connectivity index (χ4n) is 2.72. The number of sulfone groups is 1. The molecule has 1 aromatic heterocycles. The standard InChI is InChI=1S/C17H22N4O2S/c1-3-8-19-16-15(10-20-17(18)21-16)13-7-6-12(24(2,22)23)9-14(13)11-4-5-11/h6-7,9-11H,3-5,8H2,1-2H3,(H3,18,19,20,21). The molecule has 1 fully saturated rings. The van der Waals surface area contributed by atoms with Crippen molar-refractivity contribution < 1.29 is 8.42 Å². The highest BCUT2D eigenvalue weighted by Crippen LogP contribution is 2.46. The van der Waals surface area contributed by atoms with Crippen molar-refractivity contribution in [3.05, 3.63) is 30.0 Å². The Hall–Kier alpha value is -2.15. The van der Waals surface area contributed by atoms with Crippen molar-refractivity contribution in [2.24, 2.45) is 0 Å². The maximum Gasteiger partial charge on any atom is 0.221 e. The molecule has 6 nitrogen and oxygen atoms in total. The van der Waals surface area contributed by atoms with Gasteiger partial charge in [0, 0.05) is 24.6 Å². The fourth-order valence-corrected chi connectivity index (χ4v) is 3.38. The summed E-state index contributed by atoms with van der Waals surface area (Å²) in [5.74, 6) is 1.31. The van der Waals surface area contributed by atoms with Crippen LogP contribution < -0.4 is 11.1 Å². The molecule has 7 heteroatoms. The zero-order valence-corrected chi connectivity index (χ0v) is 14.7. The minimum absolute atomic E-state index is 0.220. The minimum Gasteiger partial charge on any atom is -0.369 e. The van der Waals surface area contributed by atoms with E-state index in [9.17, 15) is 8.42 Å². The van der Waals surface area contributed by atoms with E-state index in [4.69, 9.17) is 5.73 Å². The van der Waals surface area contributed by atoms with Crippen LogP contribution in [0.1, 0.15) is 37.7 Å². The SMILES string of the molecule is CCCNc1nc(N)ncc1-c1ccc(S(C)(=O)=O)cc1C1CC1. The number of rotatable bonds is 6. The number of aromatic nitrogens is 2. The molecule has 2 aromatic rings. The molecule has 0 spiro atoms. The average Bonchev–Trinajstić information content (AvgIpc) is 3.36. The lowest BCUT2D eigenvalue weighted by atomic mass is 9.98. The van der Waals surface area contributed by atoms with Crippen LogP contribution in [0.5, 0.6) is 0 Å². The summed E-state index contributed by atoms with van der Waals surface area (Å²) in [4.78, 5) is 8.80. The maximum absolute atomic E-state index is 11.9. The van der Waals surface area contributed by atoms with Crippen LogP contribution in [-0.4, -0.2) is 31.2 Å². The third kappa shape index (κ3) is 3.51. The zero-order chi connectivity index (χ0) is 17.3. The normalized spacial score (nSPS) is 14.6. The van der Waals surface area contributed by atoms with E-state index < -0.39 is 9.84 Å². The highest BCUT2D eigenvalue weighted by atomic mass is 32.2. The number of nitrogens with zero attached hydrogens (tertiary/aromatic N) is 2. The highest BCUT2D eigenvalue weighted by molar-refractivity contribution is 7.90. The minimum atomic E-state index is -3.23. The Balaban J connectivity index is 2.12. The van der Waals surface area contributed by atoms with Crippen LogP contribution in [0.15, 0.2) is 29.3 Å². The van der Waals surface area contributed by atoms with Gasteiger partial charge in [-0.15, -0.1) is 0 Å². The van der Waals surface area contributed by atoms with Gasteiger partial charge in [-0.25, -0.2) is 13.4 Å². The molecule has 0 amide bonds. The Morgan fingerprint density at radius 1 is 1.29 bits per heavy atom. The third-order valence-corrected chi connectivity index (χ3v) is 5.22. The summed E-state index contributed by atoms with van der Waals surface area (Å²) < 4.78 is 23.8. The van der Waals surface area contributed by atoms with Crippen LogP contribution in [0.3, 0.4) is 0 Å². The Morgan fingerprint density at radius 2 is 2.04 bits per heavy atom. The molecule has 1 aromatic carbocycles. The molecule has 1 aliphatic rings. The first-order valence-corrected chi connectivity index (χ1v) is 10.00. The Morgan fingerprint density at radius 3 is 2.67 bits per heavy atom. The summed E-state index contributed by atoms with van der Waals surface area (Å²) in [7, 11) is -3.23. The molecule has 0 radical (unpaired) electrons. The van der Waals surface area contributed by atoms with E-state index in [1.165, 1.54) is 6.26 Å². The molecule has 24 heavy (non-hydrogen) atoms. The number of nitrogen functional groups attached to an aromatic ring is 1. The van der Waals surface area contributed by atoms with Gasteiger partial charge in [0.1, 0.15) is 5.82 Å². The monoisotopic (exact) mass is 346 g/mol. The number of anilines is 2. The second-order valence-corrected chi connectivity index (χ2v) is 8.23. The second-order valence-electron chi connectivity index (χ2n) is 6.21. The predicted molar refractivity (Wildman–Crippen MR) is 95.7 cm³/mol. The van der Waals surface area contributed by atoms with Gasteiger partial charge in [-0.3, -0.25) is 0 Å². The van der Waals surface area contributed by atoms with Crippen molar-refractivity contribution in [3.63, 3.8) is 0 Å². The molecule has 1 heterocycles. The average molecular weight is 346 g/mol. The number of hydrogen-bond acceptors (Lipinski definition) is 6. The van der Waals surface area contributed by atoms with Crippen LogP contribution in [-0.2, 0) is 9.84 Å². The first-order valence-electron chi connectivity index (χ1n) is 8.11. The molecule has 0 unspecified atom stereocenters. The highest BCUT2D eigenvalue weighted by Gasteiger charge is 2.28. The molecule has 128 valence electrons. The molecule has 0 saturated heterocycles. The lowest BCUT2D eigenvalue weighted by Crippen LogP contribution is -2.07. The van der Waals surface area contributed by atoms with Gasteiger partial charge < -0.3 is 11.1 Å². The Bertz CT molecular complexity index is 861. The molecule has 1 saturated carbocycles. The smallest absolute Gasteiger partial charge is 0.221 e. The molecule has 0 aliphatic heterocycles. The van der Waals surface area contributed by atoms with E-state index in [0.717, 1.165) is 42.5 Å². The Kier molecular flexibility index (Phi) is 4.45. The Labute approximate surface area is 142 Å². The summed E-state index contributed by atoms with van der Waals surface area (Å²) >= 11 is 0. The number of nitrogens with two attached hydrogens (primary N) is 1. The van der Waals surface area contributed by atoms with Crippen molar-refractivity contribution in [2.75, 3.05) is 23.9 Å². The number of benzene rings is 1. The summed E-state index contributed by atoms with van der Waals surface area (Å²) in [5.41, 5.74) is 8.61. The van der Waals surface area contributed by atoms with E-state index in [-0.39, 0.29) is 5.95 Å². The van der Waals surface area contributed by atoms with E-state index in [2.05, 4.69) is 22.2 Å². The van der Waals surface area contributed by atoms with E-state index >= 15 is 0 Å². The van der Waals surface area contributed by atoms with Gasteiger partial charge >= 0.3 is 0 Å². The van der Waals surface area contributed by atoms with E-state index in [1.54, 1.807) is 18.3 Å². The molecule has 3 N–H and O–H groups in total. The van der Waals surface area contributed by atoms with Gasteiger partial charge in [0.05, 0.1) is 4.90 Å². The van der Waals surface area contributed by atoms with Crippen LogP contribution in [0.4, 0.5) is 11.8 Å². The van der Waals surface area contributed by atoms with Crippen LogP contribution in [0.25, 0.3) is 11.1 Å². The molecule has 1 aliphatic carbocycles. The predicted octanol–water partition coefficient (Wildman–Crippen LogP) is 2.83. The third-order valence-electron chi connectivity index (χ3n) is 4.11. The molecular weight excluding hydrogens is 324 g/mol. The lowest BCUT2D eigenvalue weighted by Gasteiger charge is -2.15. The van der Waals surface area contributed by atoms with Gasteiger partial charge in [0.25, 0.3) is 0 Å². The summed E-state index contributed by atoms with van der Waals surface area (Å²) in [5, 5.41) is 3.28. The number of nitrogens with one attached hydrogen (secondary N) is 1. The van der Waals surface area contributed by atoms with Gasteiger partial charge in [0.15, 0.2) is 9.84 Å². The summed E-state index contributed by atoms with van der Waals surface area (Å²) in [6.07, 6.45) is 6.06. The largest absolute Gasteiger partial charge is 0.369 e. The maximum atomic E-state index is 11.9. The first-order chi connectivity index (χ1) is 11.4. The van der Waals surface area contributed by atoms with Crippen LogP contribution >= 0.6 is 0 Å². The van der Waals surface area contributed by atoms with Gasteiger partial charge in [0.2, 0.25) is 5.95 Å². The summed E-state index contributed by atoms with van der Waals surface area (Å²) in [6, 6.07) is 5.30. The van der Waals surface area contributed by atoms with Crippen molar-refractivity contribution in [2.45, 2.75) is 37.0 Å². The summed E-state index contributed by atoms with van der Waals surface area (Å²) in [6.45, 7) is 2.86. The topological polar surface area (TPSA) is 98.0 Å². The second kappa shape index (κ2) is 6.39. The lowest BCUT2D eigenvalue weighted by molar-refractivity contribution is 0.602. The number of hydrogen-bond donors (Lipinski definition) is 2. The van der Waals surface area contributed by atoms with Crippen molar-refractivity contribution in [1.82, 2.24) is 9.97 Å². The molecular formula is C17H22N4O2S. The van der Waals surface area contributed by atoms with E-state index in [1.807, 2.05) is 6.07 Å². The molecule has 0 atom stereocenters. The van der Waals surface area contributed by atoms with E-state index in [0.29, 0.717) is 16.6 Å². The molecule has 3 rings (SSSR count). The fraction of sp³-hybridized carbons (Fsp3) is 0.412. The zero-order valence-electron chi connectivity index (χ0n) is 13.9. The van der Waals surface area contributed by atoms with Crippen molar-refractivity contribution in [1.29, 1.82) is 0 Å². The van der Waals surface area contributed by atoms with Gasteiger partial charge in [-0.05, 0) is 48.4 Å². The van der Waals surface area contributed by atoms with Crippen LogP contribution in [0, 0.1) is 0 Å². The van der Waals surface area contributed by atoms with Gasteiger partial charge in [-0.1, -0.05) is 13.0 Å². The van der Waals surface area contributed by atoms with Crippen LogP contribution in [0.2, 0.25) is 0 Å².